The molecule has 2 nitrogen and oxygen atoms in total. The van der Waals surface area contributed by atoms with Gasteiger partial charge in [0.15, 0.2) is 0 Å². The average molecular weight is 171 g/mol. The summed E-state index contributed by atoms with van der Waals surface area (Å²) in [6.07, 6.45) is 1.17. The van der Waals surface area contributed by atoms with E-state index in [4.69, 9.17) is 5.73 Å². The summed E-state index contributed by atoms with van der Waals surface area (Å²) in [5, 5.41) is 11.4. The first-order valence-electron chi connectivity index (χ1n) is 3.73. The highest BCUT2D eigenvalue weighted by Gasteiger charge is 2.03. The molecule has 11 heavy (non-hydrogen) atoms. The van der Waals surface area contributed by atoms with Crippen molar-refractivity contribution in [2.45, 2.75) is 18.9 Å². The van der Waals surface area contributed by atoms with Gasteiger partial charge in [-0.2, -0.15) is 0 Å². The molecule has 0 aliphatic carbocycles. The van der Waals surface area contributed by atoms with Crippen LogP contribution >= 0.6 is 11.3 Å². The Kier molecular flexibility index (Phi) is 3.56. The van der Waals surface area contributed by atoms with Gasteiger partial charge in [0, 0.05) is 11.3 Å². The van der Waals surface area contributed by atoms with Crippen molar-refractivity contribution in [1.82, 2.24) is 0 Å². The molecule has 0 aliphatic heterocycles. The number of thiophene rings is 1. The van der Waals surface area contributed by atoms with E-state index in [1.165, 1.54) is 4.88 Å². The Bertz CT molecular complexity index is 186. The summed E-state index contributed by atoms with van der Waals surface area (Å²) in [4.78, 5) is 1.23. The van der Waals surface area contributed by atoms with Crippen molar-refractivity contribution < 1.29 is 5.11 Å². The molecule has 62 valence electrons. The van der Waals surface area contributed by atoms with E-state index in [2.05, 4.69) is 0 Å². The third kappa shape index (κ3) is 3.01. The van der Waals surface area contributed by atoms with Gasteiger partial charge in [0.1, 0.15) is 0 Å². The summed E-state index contributed by atoms with van der Waals surface area (Å²) in [7, 11) is 0. The molecule has 0 amide bonds. The minimum Gasteiger partial charge on any atom is -0.393 e. The van der Waals surface area contributed by atoms with Crippen LogP contribution in [0.2, 0.25) is 0 Å². The van der Waals surface area contributed by atoms with Gasteiger partial charge in [0.25, 0.3) is 0 Å². The first-order chi connectivity index (χ1) is 5.33. The summed E-state index contributed by atoms with van der Waals surface area (Å²) in [5.74, 6) is 0. The van der Waals surface area contributed by atoms with Crippen molar-refractivity contribution in [3.63, 3.8) is 0 Å². The standard InChI is InChI=1S/C8H13NOS/c9-4-3-7(10)6-8-2-1-5-11-8/h1-2,5,7,10H,3-4,6,9H2. The first-order valence-corrected chi connectivity index (χ1v) is 4.61. The molecule has 0 saturated heterocycles. The zero-order valence-corrected chi connectivity index (χ0v) is 7.18. The molecule has 1 aromatic heterocycles. The molecule has 3 N–H and O–H groups in total. The van der Waals surface area contributed by atoms with E-state index < -0.39 is 0 Å². The zero-order chi connectivity index (χ0) is 8.10. The van der Waals surface area contributed by atoms with Crippen molar-refractivity contribution in [3.05, 3.63) is 22.4 Å². The SMILES string of the molecule is NCCC(O)Cc1cccs1. The second-order valence-corrected chi connectivity index (χ2v) is 3.55. The third-order valence-corrected chi connectivity index (χ3v) is 2.42. The third-order valence-electron chi connectivity index (χ3n) is 1.52. The maximum Gasteiger partial charge on any atom is 0.0600 e. The Morgan fingerprint density at radius 3 is 3.00 bits per heavy atom. The molecule has 3 heteroatoms. The quantitative estimate of drug-likeness (QED) is 0.710. The van der Waals surface area contributed by atoms with E-state index >= 15 is 0 Å². The number of hydrogen-bond acceptors (Lipinski definition) is 3. The molecule has 1 unspecified atom stereocenters. The summed E-state index contributed by atoms with van der Waals surface area (Å²) < 4.78 is 0. The van der Waals surface area contributed by atoms with Gasteiger partial charge < -0.3 is 10.8 Å². The van der Waals surface area contributed by atoms with Gasteiger partial charge >= 0.3 is 0 Å². The lowest BCUT2D eigenvalue weighted by atomic mass is 10.1. The monoisotopic (exact) mass is 171 g/mol. The van der Waals surface area contributed by atoms with Gasteiger partial charge in [0.05, 0.1) is 6.10 Å². The second kappa shape index (κ2) is 4.49. The molecule has 0 radical (unpaired) electrons. The highest BCUT2D eigenvalue weighted by atomic mass is 32.1. The minimum atomic E-state index is -0.265. The van der Waals surface area contributed by atoms with Crippen molar-refractivity contribution in [2.75, 3.05) is 6.54 Å². The van der Waals surface area contributed by atoms with E-state index in [0.717, 1.165) is 6.42 Å². The molecule has 0 aliphatic rings. The van der Waals surface area contributed by atoms with Crippen LogP contribution in [0.4, 0.5) is 0 Å². The molecule has 0 spiro atoms. The molecule has 0 fully saturated rings. The molecule has 1 atom stereocenters. The Morgan fingerprint density at radius 2 is 2.45 bits per heavy atom. The lowest BCUT2D eigenvalue weighted by Gasteiger charge is -2.05. The largest absolute Gasteiger partial charge is 0.393 e. The van der Waals surface area contributed by atoms with Crippen LogP contribution in [-0.4, -0.2) is 17.8 Å². The van der Waals surface area contributed by atoms with Crippen molar-refractivity contribution in [1.29, 1.82) is 0 Å². The zero-order valence-electron chi connectivity index (χ0n) is 6.36. The highest BCUT2D eigenvalue weighted by Crippen LogP contribution is 2.11. The Labute approximate surface area is 70.7 Å². The van der Waals surface area contributed by atoms with E-state index in [9.17, 15) is 5.11 Å². The average Bonchev–Trinajstić information content (AvgIpc) is 2.40. The second-order valence-electron chi connectivity index (χ2n) is 2.51. The molecule has 0 aromatic carbocycles. The fourth-order valence-electron chi connectivity index (χ4n) is 0.955. The van der Waals surface area contributed by atoms with Crippen molar-refractivity contribution in [3.8, 4) is 0 Å². The summed E-state index contributed by atoms with van der Waals surface area (Å²) >= 11 is 1.68. The van der Waals surface area contributed by atoms with Crippen LogP contribution in [0.1, 0.15) is 11.3 Å². The summed E-state index contributed by atoms with van der Waals surface area (Å²) in [5.41, 5.74) is 5.30. The van der Waals surface area contributed by atoms with Crippen LogP contribution in [0.3, 0.4) is 0 Å². The number of hydrogen-bond donors (Lipinski definition) is 2. The van der Waals surface area contributed by atoms with E-state index in [-0.39, 0.29) is 6.10 Å². The van der Waals surface area contributed by atoms with Crippen LogP contribution in [-0.2, 0) is 6.42 Å². The summed E-state index contributed by atoms with van der Waals surface area (Å²) in [6.45, 7) is 0.562. The number of aliphatic hydroxyl groups is 1. The van der Waals surface area contributed by atoms with E-state index in [0.29, 0.717) is 13.0 Å². The van der Waals surface area contributed by atoms with E-state index in [1.807, 2.05) is 17.5 Å². The van der Waals surface area contributed by atoms with Crippen LogP contribution in [0.5, 0.6) is 0 Å². The van der Waals surface area contributed by atoms with Crippen LogP contribution in [0, 0.1) is 0 Å². The summed E-state index contributed by atoms with van der Waals surface area (Å²) in [6, 6.07) is 4.03. The van der Waals surface area contributed by atoms with Gasteiger partial charge in [-0.3, -0.25) is 0 Å². The van der Waals surface area contributed by atoms with Crippen LogP contribution in [0.15, 0.2) is 17.5 Å². The van der Waals surface area contributed by atoms with Gasteiger partial charge in [0.2, 0.25) is 0 Å². The number of nitrogens with two attached hydrogens (primary N) is 1. The normalized spacial score (nSPS) is 13.3. The molecule has 0 saturated carbocycles. The molecular weight excluding hydrogens is 158 g/mol. The first kappa shape index (κ1) is 8.71. The van der Waals surface area contributed by atoms with Crippen molar-refractivity contribution >= 4 is 11.3 Å². The molecular formula is C8H13NOS. The predicted molar refractivity (Wildman–Crippen MR) is 47.7 cm³/mol. The maximum absolute atomic E-state index is 9.35. The maximum atomic E-state index is 9.35. The molecule has 1 heterocycles. The Morgan fingerprint density at radius 1 is 1.64 bits per heavy atom. The number of rotatable bonds is 4. The van der Waals surface area contributed by atoms with Crippen molar-refractivity contribution in [2.24, 2.45) is 5.73 Å². The topological polar surface area (TPSA) is 46.2 Å². The fraction of sp³-hybridized carbons (Fsp3) is 0.500. The predicted octanol–water partition coefficient (Wildman–Crippen LogP) is 1.00. The van der Waals surface area contributed by atoms with Gasteiger partial charge in [-0.05, 0) is 24.4 Å². The molecule has 0 bridgehead atoms. The smallest absolute Gasteiger partial charge is 0.0600 e. The van der Waals surface area contributed by atoms with Crippen LogP contribution < -0.4 is 5.73 Å². The Balaban J connectivity index is 2.31. The molecule has 1 aromatic rings. The lowest BCUT2D eigenvalue weighted by molar-refractivity contribution is 0.168. The highest BCUT2D eigenvalue weighted by molar-refractivity contribution is 7.09. The minimum absolute atomic E-state index is 0.265. The van der Waals surface area contributed by atoms with Gasteiger partial charge in [-0.1, -0.05) is 6.07 Å². The van der Waals surface area contributed by atoms with Crippen LogP contribution in [0.25, 0.3) is 0 Å². The molecule has 1 rings (SSSR count). The Hall–Kier alpha value is -0.380. The van der Waals surface area contributed by atoms with E-state index in [1.54, 1.807) is 11.3 Å². The van der Waals surface area contributed by atoms with Gasteiger partial charge in [-0.25, -0.2) is 0 Å². The van der Waals surface area contributed by atoms with Gasteiger partial charge in [-0.15, -0.1) is 11.3 Å². The number of aliphatic hydroxyl groups excluding tert-OH is 1. The lowest BCUT2D eigenvalue weighted by Crippen LogP contribution is -2.15. The fourth-order valence-corrected chi connectivity index (χ4v) is 1.73.